The summed E-state index contributed by atoms with van der Waals surface area (Å²) < 4.78 is 33.6. The fourth-order valence-electron chi connectivity index (χ4n) is 6.04. The number of hydrogen-bond donors (Lipinski definition) is 6. The molecule has 9 unspecified atom stereocenters. The number of aliphatic hydroxyl groups excluding tert-OH is 6. The normalized spacial score (nSPS) is 51.7. The third-order valence-electron chi connectivity index (χ3n) is 8.21. The molecular weight excluding hydrogens is 484 g/mol. The third-order valence-corrected chi connectivity index (χ3v) is 8.21. The van der Waals surface area contributed by atoms with Gasteiger partial charge in [-0.25, -0.2) is 0 Å². The molecule has 2 aliphatic carbocycles. The van der Waals surface area contributed by atoms with Crippen molar-refractivity contribution in [2.24, 2.45) is 17.8 Å². The molecule has 3 heterocycles. The number of rotatable bonds is 7. The molecule has 36 heavy (non-hydrogen) atoms. The van der Waals surface area contributed by atoms with Crippen molar-refractivity contribution in [3.8, 4) is 0 Å². The van der Waals surface area contributed by atoms with E-state index < -0.39 is 97.3 Å². The molecule has 0 aromatic carbocycles. The molecule has 204 valence electrons. The Morgan fingerprint density at radius 1 is 1.06 bits per heavy atom. The molecule has 6 N–H and O–H groups in total. The summed E-state index contributed by atoms with van der Waals surface area (Å²) in [6.07, 6.45) is -6.97. The maximum absolute atomic E-state index is 12.8. The van der Waals surface area contributed by atoms with Gasteiger partial charge < -0.3 is 59.1 Å². The maximum Gasteiger partial charge on any atom is 0.309 e. The van der Waals surface area contributed by atoms with E-state index in [1.807, 2.05) is 0 Å². The molecule has 13 heteroatoms. The predicted octanol–water partition coefficient (Wildman–Crippen LogP) is -2.86. The Morgan fingerprint density at radius 3 is 2.56 bits per heavy atom. The number of fused-ring (bicyclic) bond motifs is 3. The number of methoxy groups -OCH3 is 1. The van der Waals surface area contributed by atoms with Crippen LogP contribution >= 0.6 is 0 Å². The largest absolute Gasteiger partial charge is 0.472 e. The van der Waals surface area contributed by atoms with Gasteiger partial charge in [0.05, 0.1) is 43.0 Å². The molecule has 0 aromatic heterocycles. The minimum Gasteiger partial charge on any atom is -0.472 e. The molecular formula is C23H34O13. The first-order valence-electron chi connectivity index (χ1n) is 12.2. The highest BCUT2D eigenvalue weighted by atomic mass is 16.8. The zero-order chi connectivity index (χ0) is 25.8. The topological polar surface area (TPSA) is 197 Å². The van der Waals surface area contributed by atoms with Gasteiger partial charge in [-0.1, -0.05) is 0 Å². The molecule has 3 aliphatic heterocycles. The van der Waals surface area contributed by atoms with Crippen LogP contribution in [0.1, 0.15) is 19.3 Å². The van der Waals surface area contributed by atoms with E-state index in [9.17, 15) is 35.4 Å². The van der Waals surface area contributed by atoms with E-state index in [2.05, 4.69) is 0 Å². The average molecular weight is 519 g/mol. The van der Waals surface area contributed by atoms with Gasteiger partial charge in [0.25, 0.3) is 0 Å². The van der Waals surface area contributed by atoms with Gasteiger partial charge in [-0.05, 0) is 25.3 Å². The smallest absolute Gasteiger partial charge is 0.309 e. The molecule has 0 aromatic rings. The van der Waals surface area contributed by atoms with Crippen LogP contribution in [0.4, 0.5) is 0 Å². The van der Waals surface area contributed by atoms with Crippen LogP contribution in [0.3, 0.4) is 0 Å². The fourth-order valence-corrected chi connectivity index (χ4v) is 6.04. The quantitative estimate of drug-likeness (QED) is 0.149. The Kier molecular flexibility index (Phi) is 7.33. The summed E-state index contributed by atoms with van der Waals surface area (Å²) in [5.41, 5.74) is -1.10. The van der Waals surface area contributed by atoms with Gasteiger partial charge in [-0.2, -0.15) is 0 Å². The summed E-state index contributed by atoms with van der Waals surface area (Å²) in [6.45, 7) is -0.786. The second kappa shape index (κ2) is 10.1. The van der Waals surface area contributed by atoms with Crippen molar-refractivity contribution < 1.29 is 63.9 Å². The Bertz CT molecular complexity index is 837. The summed E-state index contributed by atoms with van der Waals surface area (Å²) in [5.74, 6) is -2.02. The van der Waals surface area contributed by atoms with Crippen LogP contribution in [0.2, 0.25) is 0 Å². The molecule has 0 bridgehead atoms. The minimum absolute atomic E-state index is 0.169. The van der Waals surface area contributed by atoms with Crippen molar-refractivity contribution in [1.29, 1.82) is 0 Å². The summed E-state index contributed by atoms with van der Waals surface area (Å²) >= 11 is 0. The molecule has 13 nitrogen and oxygen atoms in total. The van der Waals surface area contributed by atoms with Crippen LogP contribution in [-0.2, 0) is 33.2 Å². The van der Waals surface area contributed by atoms with E-state index >= 15 is 0 Å². The number of carbonyl (C=O) groups is 1. The molecule has 14 atom stereocenters. The molecule has 2 saturated heterocycles. The van der Waals surface area contributed by atoms with E-state index in [1.54, 1.807) is 6.08 Å². The number of aliphatic hydroxyl groups is 6. The highest BCUT2D eigenvalue weighted by Crippen LogP contribution is 2.60. The van der Waals surface area contributed by atoms with Crippen molar-refractivity contribution >= 4 is 5.97 Å². The average Bonchev–Trinajstić information content (AvgIpc) is 3.57. The maximum atomic E-state index is 12.8. The number of hydrogen-bond acceptors (Lipinski definition) is 13. The molecule has 5 aliphatic rings. The summed E-state index contributed by atoms with van der Waals surface area (Å²) in [6, 6.07) is 0. The zero-order valence-electron chi connectivity index (χ0n) is 19.7. The Hall–Kier alpha value is -1.39. The van der Waals surface area contributed by atoms with Crippen molar-refractivity contribution in [3.63, 3.8) is 0 Å². The second-order valence-corrected chi connectivity index (χ2v) is 10.2. The van der Waals surface area contributed by atoms with Crippen LogP contribution < -0.4 is 0 Å². The van der Waals surface area contributed by atoms with Crippen molar-refractivity contribution in [2.75, 3.05) is 20.3 Å². The molecule has 0 spiro atoms. The van der Waals surface area contributed by atoms with Crippen molar-refractivity contribution in [3.05, 3.63) is 12.3 Å². The fraction of sp³-hybridized carbons (Fsp3) is 0.870. The molecule has 5 rings (SSSR count). The highest BCUT2D eigenvalue weighted by molar-refractivity contribution is 5.72. The number of carbonyl (C=O) groups excluding carboxylic acids is 1. The van der Waals surface area contributed by atoms with E-state index in [0.717, 1.165) is 0 Å². The van der Waals surface area contributed by atoms with Gasteiger partial charge in [0, 0.05) is 13.0 Å². The van der Waals surface area contributed by atoms with Gasteiger partial charge in [0.15, 0.2) is 6.29 Å². The first-order valence-corrected chi connectivity index (χ1v) is 12.2. The van der Waals surface area contributed by atoms with Crippen LogP contribution in [0, 0.1) is 17.8 Å². The standard InChI is InChI=1S/C23H34O13/c1-31-12-6-9(2-3-11(12)25)20(30)33-8-23-14-10(15(26)19(23)36-23)4-5-32-21(14)35-22-18(29)17(28)16(27)13(7-24)34-22/h4-5,9-19,21-22,24-29H,2-3,6-8H2,1H3/t9?,10?,11?,12?,13-,14?,15?,16-,17+,18-,19?,21?,22+,23?/m1/s1. The SMILES string of the molecule is COC1CC(C(=O)OCC23OC2C(O)C2C=COC(O[C@@H]4O[C@H](CO)[C@@H](O)[C@H](O)[C@H]4O)C23)CCC1O. The van der Waals surface area contributed by atoms with Crippen LogP contribution in [0.5, 0.6) is 0 Å². The highest BCUT2D eigenvalue weighted by Gasteiger charge is 2.76. The number of epoxide rings is 1. The lowest BCUT2D eigenvalue weighted by Gasteiger charge is -2.43. The zero-order valence-corrected chi connectivity index (χ0v) is 19.7. The van der Waals surface area contributed by atoms with E-state index in [0.29, 0.717) is 19.3 Å². The Labute approximate surface area is 207 Å². The molecule has 0 amide bonds. The lowest BCUT2D eigenvalue weighted by atomic mass is 9.84. The van der Waals surface area contributed by atoms with E-state index in [4.69, 9.17) is 28.4 Å². The number of esters is 1. The lowest BCUT2D eigenvalue weighted by molar-refractivity contribution is -0.344. The molecule has 2 saturated carbocycles. The lowest BCUT2D eigenvalue weighted by Crippen LogP contribution is -2.60. The van der Waals surface area contributed by atoms with Crippen molar-refractivity contribution in [1.82, 2.24) is 0 Å². The summed E-state index contributed by atoms with van der Waals surface area (Å²) in [5, 5.41) is 60.7. The van der Waals surface area contributed by atoms with E-state index in [1.165, 1.54) is 13.4 Å². The van der Waals surface area contributed by atoms with Gasteiger partial charge in [0.1, 0.15) is 42.7 Å². The first-order chi connectivity index (χ1) is 17.2. The van der Waals surface area contributed by atoms with Gasteiger partial charge >= 0.3 is 5.97 Å². The Morgan fingerprint density at radius 2 is 1.83 bits per heavy atom. The van der Waals surface area contributed by atoms with Gasteiger partial charge in [0.2, 0.25) is 6.29 Å². The van der Waals surface area contributed by atoms with Crippen LogP contribution in [0.15, 0.2) is 12.3 Å². The monoisotopic (exact) mass is 518 g/mol. The number of ether oxygens (including phenoxy) is 6. The second-order valence-electron chi connectivity index (χ2n) is 10.2. The molecule has 4 fully saturated rings. The summed E-state index contributed by atoms with van der Waals surface area (Å²) in [7, 11) is 1.48. The molecule has 0 radical (unpaired) electrons. The van der Waals surface area contributed by atoms with Crippen LogP contribution in [-0.4, -0.2) is 124 Å². The Balaban J connectivity index is 1.27. The van der Waals surface area contributed by atoms with Gasteiger partial charge in [-0.15, -0.1) is 0 Å². The van der Waals surface area contributed by atoms with E-state index in [-0.39, 0.29) is 6.61 Å². The minimum atomic E-state index is -1.64. The van der Waals surface area contributed by atoms with Crippen molar-refractivity contribution in [2.45, 2.75) is 86.3 Å². The first kappa shape index (κ1) is 26.2. The third kappa shape index (κ3) is 4.34. The van der Waals surface area contributed by atoms with Gasteiger partial charge in [-0.3, -0.25) is 4.79 Å². The van der Waals surface area contributed by atoms with Crippen LogP contribution in [0.25, 0.3) is 0 Å². The summed E-state index contributed by atoms with van der Waals surface area (Å²) in [4.78, 5) is 12.8. The predicted molar refractivity (Wildman–Crippen MR) is 115 cm³/mol.